The lowest BCUT2D eigenvalue weighted by atomic mass is 10.6. The second kappa shape index (κ2) is 6.40. The molecule has 4 heteroatoms. The zero-order valence-corrected chi connectivity index (χ0v) is 4.38. The average molecular weight is 118 g/mol. The van der Waals surface area contributed by atoms with Crippen molar-refractivity contribution in [3.05, 3.63) is 0 Å². The summed E-state index contributed by atoms with van der Waals surface area (Å²) in [4.78, 5) is 4.08. The fraction of sp³-hybridized carbons (Fsp3) is 0.500. The molecule has 0 radical (unpaired) electrons. The largest absolute Gasteiger partial charge is 0.219 e. The third-order valence-electron chi connectivity index (χ3n) is 0.386. The van der Waals surface area contributed by atoms with E-state index in [4.69, 9.17) is 5.26 Å². The van der Waals surface area contributed by atoms with Crippen molar-refractivity contribution in [1.29, 1.82) is 0 Å². The van der Waals surface area contributed by atoms with Crippen LogP contribution in [-0.4, -0.2) is 11.9 Å². The maximum absolute atomic E-state index is 7.47. The smallest absolute Gasteiger partial charge is 0.146 e. The van der Waals surface area contributed by atoms with Gasteiger partial charge in [-0.25, -0.2) is 5.26 Å². The van der Waals surface area contributed by atoms with Crippen LogP contribution in [0, 0.1) is 11.8 Å². The van der Waals surface area contributed by atoms with Gasteiger partial charge in [-0.1, -0.05) is 5.92 Å². The molecule has 0 fully saturated rings. The molecule has 0 aromatic carbocycles. The SMILES string of the molecule is CC#CCOOOO. The number of rotatable bonds is 3. The van der Waals surface area contributed by atoms with Gasteiger partial charge in [-0.05, 0) is 17.0 Å². The van der Waals surface area contributed by atoms with Gasteiger partial charge in [0.2, 0.25) is 0 Å². The molecule has 0 spiro atoms. The van der Waals surface area contributed by atoms with Crippen LogP contribution >= 0.6 is 0 Å². The Morgan fingerprint density at radius 3 is 2.88 bits per heavy atom. The van der Waals surface area contributed by atoms with Crippen molar-refractivity contribution in [2.75, 3.05) is 6.61 Å². The van der Waals surface area contributed by atoms with Crippen LogP contribution in [0.25, 0.3) is 0 Å². The van der Waals surface area contributed by atoms with Gasteiger partial charge in [0.05, 0.1) is 0 Å². The van der Waals surface area contributed by atoms with Crippen LogP contribution in [-0.2, 0) is 15.0 Å². The quantitative estimate of drug-likeness (QED) is 0.251. The first-order chi connectivity index (χ1) is 3.91. The van der Waals surface area contributed by atoms with Crippen molar-refractivity contribution in [3.8, 4) is 11.8 Å². The van der Waals surface area contributed by atoms with Crippen molar-refractivity contribution < 1.29 is 20.2 Å². The summed E-state index contributed by atoms with van der Waals surface area (Å²) in [5, 5.41) is 14.2. The molecule has 46 valence electrons. The van der Waals surface area contributed by atoms with E-state index in [1.807, 2.05) is 0 Å². The van der Waals surface area contributed by atoms with E-state index in [2.05, 4.69) is 26.8 Å². The molecule has 0 heterocycles. The zero-order chi connectivity index (χ0) is 6.24. The second-order valence-corrected chi connectivity index (χ2v) is 0.832. The lowest BCUT2D eigenvalue weighted by Gasteiger charge is -1.88. The third-order valence-corrected chi connectivity index (χ3v) is 0.386. The van der Waals surface area contributed by atoms with Gasteiger partial charge in [0.1, 0.15) is 6.61 Å². The minimum atomic E-state index is 0.0804. The molecule has 0 bridgehead atoms. The molecule has 0 atom stereocenters. The predicted molar refractivity (Wildman–Crippen MR) is 24.2 cm³/mol. The highest BCUT2D eigenvalue weighted by atomic mass is 17.6. The molecule has 4 nitrogen and oxygen atoms in total. The molecule has 0 aliphatic carbocycles. The summed E-state index contributed by atoms with van der Waals surface area (Å²) in [6.45, 7) is 1.74. The summed E-state index contributed by atoms with van der Waals surface area (Å²) in [6.07, 6.45) is 0. The first kappa shape index (κ1) is 7.40. The van der Waals surface area contributed by atoms with Crippen LogP contribution in [0.4, 0.5) is 0 Å². The fourth-order valence-electron chi connectivity index (χ4n) is 0.147. The zero-order valence-electron chi connectivity index (χ0n) is 4.38. The standard InChI is InChI=1S/C4H6O4/c1-2-3-4-6-8-7-5/h5H,4H2,1H3. The first-order valence-electron chi connectivity index (χ1n) is 1.91. The molecular formula is C4H6O4. The van der Waals surface area contributed by atoms with Crippen LogP contribution in [0.2, 0.25) is 0 Å². The Hall–Kier alpha value is -0.600. The molecule has 0 aliphatic heterocycles. The third kappa shape index (κ3) is 5.40. The average Bonchev–Trinajstić information content (AvgIpc) is 1.81. The molecule has 0 saturated carbocycles. The molecule has 0 saturated heterocycles. The minimum absolute atomic E-state index is 0.0804. The molecule has 0 rings (SSSR count). The van der Waals surface area contributed by atoms with Gasteiger partial charge >= 0.3 is 0 Å². The summed E-state index contributed by atoms with van der Waals surface area (Å²) in [5.74, 6) is 5.03. The topological polar surface area (TPSA) is 47.9 Å². The van der Waals surface area contributed by atoms with Crippen LogP contribution in [0.5, 0.6) is 0 Å². The Bertz CT molecular complexity index is 89.9. The van der Waals surface area contributed by atoms with Crippen LogP contribution in [0.3, 0.4) is 0 Å². The lowest BCUT2D eigenvalue weighted by molar-refractivity contribution is -0.620. The highest BCUT2D eigenvalue weighted by Gasteiger charge is 1.78. The van der Waals surface area contributed by atoms with Gasteiger partial charge in [0.15, 0.2) is 0 Å². The van der Waals surface area contributed by atoms with Crippen molar-refractivity contribution in [1.82, 2.24) is 0 Å². The van der Waals surface area contributed by atoms with Gasteiger partial charge < -0.3 is 0 Å². The van der Waals surface area contributed by atoms with Gasteiger partial charge in [-0.15, -0.1) is 5.92 Å². The van der Waals surface area contributed by atoms with E-state index in [0.717, 1.165) is 0 Å². The van der Waals surface area contributed by atoms with Gasteiger partial charge in [-0.3, -0.25) is 0 Å². The molecule has 0 aliphatic rings. The normalized spacial score (nSPS) is 7.75. The predicted octanol–water partition coefficient (Wildman–Crippen LogP) is 0.362. The fourth-order valence-corrected chi connectivity index (χ4v) is 0.147. The van der Waals surface area contributed by atoms with E-state index in [1.54, 1.807) is 6.92 Å². The van der Waals surface area contributed by atoms with E-state index in [-0.39, 0.29) is 6.61 Å². The summed E-state index contributed by atoms with van der Waals surface area (Å²) in [6, 6.07) is 0. The molecular weight excluding hydrogens is 112 g/mol. The molecule has 0 aromatic heterocycles. The van der Waals surface area contributed by atoms with E-state index >= 15 is 0 Å². The second-order valence-electron chi connectivity index (χ2n) is 0.832. The van der Waals surface area contributed by atoms with Gasteiger partial charge in [0, 0.05) is 0 Å². The molecule has 0 unspecified atom stereocenters. The Labute approximate surface area is 46.8 Å². The molecule has 1 N–H and O–H groups in total. The summed E-state index contributed by atoms with van der Waals surface area (Å²) in [7, 11) is 0. The Kier molecular flexibility index (Phi) is 5.92. The van der Waals surface area contributed by atoms with E-state index in [0.29, 0.717) is 0 Å². The van der Waals surface area contributed by atoms with Gasteiger partial charge in [0.25, 0.3) is 0 Å². The Balaban J connectivity index is 2.79. The Morgan fingerprint density at radius 1 is 1.62 bits per heavy atom. The van der Waals surface area contributed by atoms with Crippen molar-refractivity contribution >= 4 is 0 Å². The lowest BCUT2D eigenvalue weighted by Crippen LogP contribution is -1.92. The maximum atomic E-state index is 7.47. The van der Waals surface area contributed by atoms with Crippen LogP contribution < -0.4 is 0 Å². The summed E-state index contributed by atoms with van der Waals surface area (Å²) >= 11 is 0. The minimum Gasteiger partial charge on any atom is -0.219 e. The highest BCUT2D eigenvalue weighted by molar-refractivity contribution is 4.94. The number of hydrogen-bond acceptors (Lipinski definition) is 4. The highest BCUT2D eigenvalue weighted by Crippen LogP contribution is 1.73. The molecule has 0 aromatic rings. The van der Waals surface area contributed by atoms with Gasteiger partial charge in [-0.2, -0.15) is 4.89 Å². The Morgan fingerprint density at radius 2 is 2.38 bits per heavy atom. The van der Waals surface area contributed by atoms with Crippen molar-refractivity contribution in [3.63, 3.8) is 0 Å². The van der Waals surface area contributed by atoms with Crippen molar-refractivity contribution in [2.24, 2.45) is 0 Å². The van der Waals surface area contributed by atoms with E-state index in [1.165, 1.54) is 0 Å². The van der Waals surface area contributed by atoms with Crippen LogP contribution in [0.1, 0.15) is 6.92 Å². The van der Waals surface area contributed by atoms with E-state index < -0.39 is 0 Å². The monoisotopic (exact) mass is 118 g/mol. The maximum Gasteiger partial charge on any atom is 0.146 e. The molecule has 0 amide bonds. The van der Waals surface area contributed by atoms with Crippen molar-refractivity contribution in [2.45, 2.75) is 6.92 Å². The summed E-state index contributed by atoms with van der Waals surface area (Å²) in [5.41, 5.74) is 0. The van der Waals surface area contributed by atoms with Crippen LogP contribution in [0.15, 0.2) is 0 Å². The first-order valence-corrected chi connectivity index (χ1v) is 1.91. The number of hydrogen-bond donors (Lipinski definition) is 1. The molecule has 8 heavy (non-hydrogen) atoms. The van der Waals surface area contributed by atoms with E-state index in [9.17, 15) is 0 Å². The summed E-state index contributed by atoms with van der Waals surface area (Å²) < 4.78 is 0.